The molecule has 0 aromatic carbocycles. The molecule has 3 rings (SSSR count). The molecule has 2 amide bonds. The van der Waals surface area contributed by atoms with Crippen LogP contribution in [0.25, 0.3) is 0 Å². The van der Waals surface area contributed by atoms with Gasteiger partial charge in [0.25, 0.3) is 6.47 Å². The monoisotopic (exact) mass is 410 g/mol. The van der Waals surface area contributed by atoms with Crippen molar-refractivity contribution in [1.82, 2.24) is 25.3 Å². The minimum atomic E-state index is -0.273. The molecular formula is C17H23ClN6O4. The van der Waals surface area contributed by atoms with Crippen LogP contribution in [0.4, 0.5) is 10.6 Å². The van der Waals surface area contributed by atoms with Crippen LogP contribution in [0, 0.1) is 6.92 Å². The molecule has 2 aromatic rings. The summed E-state index contributed by atoms with van der Waals surface area (Å²) in [6, 6.07) is 3.32. The van der Waals surface area contributed by atoms with E-state index in [4.69, 9.17) is 26.0 Å². The Bertz CT molecular complexity index is 761. The number of aryl methyl sites for hydroxylation is 1. The Kier molecular flexibility index (Phi) is 8.00. The van der Waals surface area contributed by atoms with Gasteiger partial charge in [0, 0.05) is 32.4 Å². The number of carbonyl (C=O) groups is 2. The number of rotatable bonds is 4. The molecule has 0 aliphatic carbocycles. The number of nitrogens with one attached hydrogen (secondary N) is 1. The van der Waals surface area contributed by atoms with Crippen LogP contribution in [0.1, 0.15) is 31.1 Å². The molecule has 1 aliphatic heterocycles. The van der Waals surface area contributed by atoms with Crippen LogP contribution >= 0.6 is 11.6 Å². The Morgan fingerprint density at radius 1 is 1.39 bits per heavy atom. The number of hydrogen-bond donors (Lipinski definition) is 2. The van der Waals surface area contributed by atoms with Crippen molar-refractivity contribution in [2.45, 2.75) is 26.3 Å². The van der Waals surface area contributed by atoms with Crippen molar-refractivity contribution in [3.05, 3.63) is 35.1 Å². The van der Waals surface area contributed by atoms with Gasteiger partial charge in [-0.2, -0.15) is 4.98 Å². The molecule has 0 spiro atoms. The fourth-order valence-electron chi connectivity index (χ4n) is 2.73. The summed E-state index contributed by atoms with van der Waals surface area (Å²) in [5.41, 5.74) is 0. The van der Waals surface area contributed by atoms with E-state index in [0.29, 0.717) is 36.2 Å². The quantitative estimate of drug-likeness (QED) is 0.734. The third-order valence-corrected chi connectivity index (χ3v) is 4.37. The number of carboxylic acid groups (broad SMARTS) is 1. The Balaban J connectivity index is 0.000000878. The molecule has 0 radical (unpaired) electrons. The molecule has 2 aromatic heterocycles. The van der Waals surface area contributed by atoms with E-state index in [-0.39, 0.29) is 18.5 Å². The van der Waals surface area contributed by atoms with Crippen LogP contribution in [0.2, 0.25) is 5.02 Å². The van der Waals surface area contributed by atoms with Crippen LogP contribution in [0.5, 0.6) is 0 Å². The third-order valence-electron chi connectivity index (χ3n) is 4.15. The molecule has 0 saturated carbocycles. The summed E-state index contributed by atoms with van der Waals surface area (Å²) in [7, 11) is 0. The fraction of sp³-hybridized carbons (Fsp3) is 0.471. The average molecular weight is 411 g/mol. The molecule has 11 heteroatoms. The lowest BCUT2D eigenvalue weighted by atomic mass is 10.2. The first kappa shape index (κ1) is 21.4. The lowest BCUT2D eigenvalue weighted by Gasteiger charge is -2.35. The van der Waals surface area contributed by atoms with Gasteiger partial charge < -0.3 is 24.7 Å². The second-order valence-electron chi connectivity index (χ2n) is 6.00. The first-order chi connectivity index (χ1) is 13.5. The van der Waals surface area contributed by atoms with E-state index in [1.54, 1.807) is 18.0 Å². The number of aromatic nitrogens is 3. The molecule has 1 fully saturated rings. The summed E-state index contributed by atoms with van der Waals surface area (Å²) < 4.78 is 5.17. The van der Waals surface area contributed by atoms with Gasteiger partial charge >= 0.3 is 6.03 Å². The predicted molar refractivity (Wildman–Crippen MR) is 102 cm³/mol. The lowest BCUT2D eigenvalue weighted by molar-refractivity contribution is -0.122. The fourth-order valence-corrected chi connectivity index (χ4v) is 2.84. The maximum atomic E-state index is 12.5. The second-order valence-corrected chi connectivity index (χ2v) is 6.44. The van der Waals surface area contributed by atoms with Crippen molar-refractivity contribution in [2.75, 3.05) is 31.1 Å². The molecule has 1 unspecified atom stereocenters. The van der Waals surface area contributed by atoms with Crippen LogP contribution in [-0.4, -0.2) is 63.8 Å². The smallest absolute Gasteiger partial charge is 0.318 e. The molecule has 3 heterocycles. The summed E-state index contributed by atoms with van der Waals surface area (Å²) in [4.78, 5) is 33.3. The van der Waals surface area contributed by atoms with Gasteiger partial charge in [-0.1, -0.05) is 23.7 Å². The molecule has 28 heavy (non-hydrogen) atoms. The zero-order chi connectivity index (χ0) is 20.5. The Hall–Kier alpha value is -2.88. The first-order valence-electron chi connectivity index (χ1n) is 8.78. The summed E-state index contributed by atoms with van der Waals surface area (Å²) >= 11 is 5.87. The van der Waals surface area contributed by atoms with E-state index in [0.717, 1.165) is 18.9 Å². The van der Waals surface area contributed by atoms with E-state index in [2.05, 4.69) is 25.3 Å². The zero-order valence-electron chi connectivity index (χ0n) is 15.7. The Morgan fingerprint density at radius 2 is 2.07 bits per heavy atom. The van der Waals surface area contributed by atoms with Crippen molar-refractivity contribution in [3.8, 4) is 0 Å². The highest BCUT2D eigenvalue weighted by Crippen LogP contribution is 2.18. The van der Waals surface area contributed by atoms with Crippen molar-refractivity contribution in [2.24, 2.45) is 0 Å². The van der Waals surface area contributed by atoms with Gasteiger partial charge in [0.1, 0.15) is 11.9 Å². The number of nitrogens with zero attached hydrogens (tertiary/aromatic N) is 5. The molecule has 10 nitrogen and oxygen atoms in total. The molecule has 1 aliphatic rings. The number of carbonyl (C=O) groups excluding carboxylic acids is 1. The number of halogens is 1. The Labute approximate surface area is 167 Å². The van der Waals surface area contributed by atoms with Crippen molar-refractivity contribution in [3.63, 3.8) is 0 Å². The van der Waals surface area contributed by atoms with Crippen molar-refractivity contribution in [1.29, 1.82) is 0 Å². The van der Waals surface area contributed by atoms with Gasteiger partial charge in [-0.25, -0.2) is 9.78 Å². The van der Waals surface area contributed by atoms with Crippen molar-refractivity contribution >= 4 is 29.9 Å². The van der Waals surface area contributed by atoms with Crippen molar-refractivity contribution < 1.29 is 19.2 Å². The topological polar surface area (TPSA) is 125 Å². The normalized spacial score (nSPS) is 14.7. The first-order valence-corrected chi connectivity index (χ1v) is 9.16. The second kappa shape index (κ2) is 10.5. The van der Waals surface area contributed by atoms with Gasteiger partial charge in [0.2, 0.25) is 5.89 Å². The van der Waals surface area contributed by atoms with Gasteiger partial charge in [0.05, 0.1) is 5.02 Å². The number of piperazine rings is 1. The number of pyridine rings is 1. The summed E-state index contributed by atoms with van der Waals surface area (Å²) in [6.45, 7) is 6.15. The van der Waals surface area contributed by atoms with Crippen LogP contribution in [0.15, 0.2) is 22.9 Å². The number of anilines is 1. The molecule has 1 saturated heterocycles. The van der Waals surface area contributed by atoms with Gasteiger partial charge in [-0.05, 0) is 25.5 Å². The molecular weight excluding hydrogens is 388 g/mol. The maximum absolute atomic E-state index is 12.5. The van der Waals surface area contributed by atoms with E-state index >= 15 is 0 Å². The molecule has 1 atom stereocenters. The van der Waals surface area contributed by atoms with Crippen LogP contribution in [-0.2, 0) is 4.79 Å². The highest BCUT2D eigenvalue weighted by molar-refractivity contribution is 6.30. The zero-order valence-corrected chi connectivity index (χ0v) is 16.5. The molecule has 152 valence electrons. The summed E-state index contributed by atoms with van der Waals surface area (Å²) in [6.07, 6.45) is 2.32. The van der Waals surface area contributed by atoms with Gasteiger partial charge in [0.15, 0.2) is 5.82 Å². The molecule has 2 N–H and O–H groups in total. The summed E-state index contributed by atoms with van der Waals surface area (Å²) in [5.74, 6) is 1.88. The molecule has 0 bridgehead atoms. The summed E-state index contributed by atoms with van der Waals surface area (Å²) in [5, 5.41) is 14.3. The minimum Gasteiger partial charge on any atom is -0.483 e. The largest absolute Gasteiger partial charge is 0.483 e. The number of amides is 2. The van der Waals surface area contributed by atoms with E-state index < -0.39 is 0 Å². The van der Waals surface area contributed by atoms with E-state index in [1.807, 2.05) is 19.1 Å². The highest BCUT2D eigenvalue weighted by atomic mass is 35.5. The maximum Gasteiger partial charge on any atom is 0.318 e. The number of urea groups is 1. The standard InChI is InChI=1S/C16H21ClN6O2.CH2O2/c1-3-13(15-19-11(2)21-25-15)20-16(24)23-8-6-22(7-9-23)14-5-4-12(17)10-18-14;2-1-3/h4-5,10,13H,3,6-9H2,1-2H3,(H,20,24);1H,(H,2,3). The number of hydrogen-bond acceptors (Lipinski definition) is 7. The van der Waals surface area contributed by atoms with Gasteiger partial charge in [-0.3, -0.25) is 4.79 Å². The average Bonchev–Trinajstić information content (AvgIpc) is 3.13. The highest BCUT2D eigenvalue weighted by Gasteiger charge is 2.25. The van der Waals surface area contributed by atoms with Gasteiger partial charge in [-0.15, -0.1) is 0 Å². The van der Waals surface area contributed by atoms with Crippen LogP contribution in [0.3, 0.4) is 0 Å². The minimum absolute atomic E-state index is 0.119. The SMILES string of the molecule is CCC(NC(=O)N1CCN(c2ccc(Cl)cn2)CC1)c1nc(C)no1.O=CO. The van der Waals surface area contributed by atoms with Crippen LogP contribution < -0.4 is 10.2 Å². The lowest BCUT2D eigenvalue weighted by Crippen LogP contribution is -2.52. The predicted octanol–water partition coefficient (Wildman–Crippen LogP) is 2.11. The third kappa shape index (κ3) is 5.81. The van der Waals surface area contributed by atoms with E-state index in [1.165, 1.54) is 0 Å². The Morgan fingerprint density at radius 3 is 2.57 bits per heavy atom. The van der Waals surface area contributed by atoms with E-state index in [9.17, 15) is 4.79 Å².